The summed E-state index contributed by atoms with van der Waals surface area (Å²) in [7, 11) is -3.29. The number of nitrogens with zero attached hydrogens (tertiary/aromatic N) is 1. The van der Waals surface area contributed by atoms with E-state index in [1.165, 1.54) is 0 Å². The Morgan fingerprint density at radius 2 is 2.00 bits per heavy atom. The van der Waals surface area contributed by atoms with Crippen molar-refractivity contribution in [2.75, 3.05) is 18.4 Å². The van der Waals surface area contributed by atoms with Crippen LogP contribution < -0.4 is 0 Å². The number of hydrogen-bond donors (Lipinski definition) is 0. The largest absolute Gasteiger partial charge is 0.243 e. The van der Waals surface area contributed by atoms with Crippen LogP contribution in [0.4, 0.5) is 0 Å². The summed E-state index contributed by atoms with van der Waals surface area (Å²) in [5.74, 6) is 0.440. The quantitative estimate of drug-likeness (QED) is 0.803. The van der Waals surface area contributed by atoms with E-state index in [1.54, 1.807) is 16.4 Å². The zero-order valence-corrected chi connectivity index (χ0v) is 12.2. The number of rotatable bonds is 3. The zero-order chi connectivity index (χ0) is 12.5. The Labute approximate surface area is 111 Å². The van der Waals surface area contributed by atoms with E-state index in [0.717, 1.165) is 17.3 Å². The Morgan fingerprint density at radius 1 is 1.35 bits per heavy atom. The van der Waals surface area contributed by atoms with Gasteiger partial charge in [-0.1, -0.05) is 33.6 Å². The lowest BCUT2D eigenvalue weighted by Crippen LogP contribution is -2.29. The molecule has 0 saturated carbocycles. The highest BCUT2D eigenvalue weighted by Crippen LogP contribution is 2.25. The molecule has 0 amide bonds. The van der Waals surface area contributed by atoms with E-state index in [-0.39, 0.29) is 0 Å². The van der Waals surface area contributed by atoms with Gasteiger partial charge in [0.1, 0.15) is 0 Å². The molecule has 2 rings (SSSR count). The van der Waals surface area contributed by atoms with Gasteiger partial charge in [-0.15, -0.1) is 0 Å². The zero-order valence-electron chi connectivity index (χ0n) is 9.77. The molecule has 1 atom stereocenters. The summed E-state index contributed by atoms with van der Waals surface area (Å²) in [5, 5.41) is 0.868. The average molecular weight is 318 g/mol. The molecule has 94 valence electrons. The number of halogens is 1. The van der Waals surface area contributed by atoms with Crippen molar-refractivity contribution in [2.24, 2.45) is 5.92 Å². The van der Waals surface area contributed by atoms with Gasteiger partial charge in [0, 0.05) is 18.4 Å². The molecule has 1 aliphatic rings. The van der Waals surface area contributed by atoms with Crippen LogP contribution in [0.15, 0.2) is 29.2 Å². The molecular formula is C12H16BrNO2S. The van der Waals surface area contributed by atoms with Gasteiger partial charge in [0.05, 0.1) is 4.90 Å². The Hall–Kier alpha value is -0.390. The molecule has 1 aromatic rings. The number of benzene rings is 1. The third-order valence-electron chi connectivity index (χ3n) is 3.13. The highest BCUT2D eigenvalue weighted by atomic mass is 79.9. The topological polar surface area (TPSA) is 37.4 Å². The van der Waals surface area contributed by atoms with Gasteiger partial charge in [-0.05, 0) is 31.4 Å². The Morgan fingerprint density at radius 3 is 2.53 bits per heavy atom. The second-order valence-electron chi connectivity index (χ2n) is 4.49. The molecular weight excluding hydrogens is 302 g/mol. The molecule has 0 N–H and O–H groups in total. The van der Waals surface area contributed by atoms with Crippen LogP contribution in [-0.4, -0.2) is 31.1 Å². The van der Waals surface area contributed by atoms with E-state index in [0.29, 0.717) is 23.9 Å². The molecule has 0 aliphatic carbocycles. The van der Waals surface area contributed by atoms with E-state index >= 15 is 0 Å². The molecule has 5 heteroatoms. The summed E-state index contributed by atoms with van der Waals surface area (Å²) in [6.07, 6.45) is 0.941. The molecule has 0 aromatic heterocycles. The Balaban J connectivity index is 2.22. The van der Waals surface area contributed by atoms with Crippen molar-refractivity contribution in [2.45, 2.75) is 18.2 Å². The number of hydrogen-bond acceptors (Lipinski definition) is 2. The molecule has 1 aliphatic heterocycles. The van der Waals surface area contributed by atoms with Gasteiger partial charge in [-0.25, -0.2) is 8.42 Å². The van der Waals surface area contributed by atoms with Crippen LogP contribution in [0.3, 0.4) is 0 Å². The van der Waals surface area contributed by atoms with Crippen LogP contribution in [-0.2, 0) is 10.0 Å². The van der Waals surface area contributed by atoms with Crippen molar-refractivity contribution < 1.29 is 8.42 Å². The van der Waals surface area contributed by atoms with E-state index in [9.17, 15) is 8.42 Å². The van der Waals surface area contributed by atoms with Crippen LogP contribution in [0.5, 0.6) is 0 Å². The number of sulfonamides is 1. The van der Waals surface area contributed by atoms with Crippen molar-refractivity contribution >= 4 is 26.0 Å². The summed E-state index contributed by atoms with van der Waals surface area (Å²) < 4.78 is 26.2. The number of aryl methyl sites for hydroxylation is 1. The summed E-state index contributed by atoms with van der Waals surface area (Å²) in [6, 6.07) is 7.05. The molecule has 1 saturated heterocycles. The summed E-state index contributed by atoms with van der Waals surface area (Å²) in [4.78, 5) is 0.401. The highest BCUT2D eigenvalue weighted by Gasteiger charge is 2.31. The van der Waals surface area contributed by atoms with Gasteiger partial charge < -0.3 is 0 Å². The van der Waals surface area contributed by atoms with Crippen LogP contribution >= 0.6 is 15.9 Å². The predicted molar refractivity (Wildman–Crippen MR) is 71.8 cm³/mol. The third-order valence-corrected chi connectivity index (χ3v) is 5.92. The maximum atomic E-state index is 12.3. The first-order valence-electron chi connectivity index (χ1n) is 5.67. The van der Waals surface area contributed by atoms with Crippen molar-refractivity contribution in [1.29, 1.82) is 0 Å². The first kappa shape index (κ1) is 13.1. The van der Waals surface area contributed by atoms with E-state index < -0.39 is 10.0 Å². The maximum Gasteiger partial charge on any atom is 0.243 e. The minimum atomic E-state index is -3.29. The lowest BCUT2D eigenvalue weighted by Gasteiger charge is -2.16. The van der Waals surface area contributed by atoms with Gasteiger partial charge in [0.15, 0.2) is 0 Å². The summed E-state index contributed by atoms with van der Waals surface area (Å²) >= 11 is 3.41. The second-order valence-corrected chi connectivity index (χ2v) is 7.07. The smallest absolute Gasteiger partial charge is 0.207 e. The first-order chi connectivity index (χ1) is 8.04. The van der Waals surface area contributed by atoms with Crippen molar-refractivity contribution in [3.8, 4) is 0 Å². The molecule has 17 heavy (non-hydrogen) atoms. The molecule has 0 bridgehead atoms. The fourth-order valence-corrected chi connectivity index (χ4v) is 4.06. The van der Waals surface area contributed by atoms with E-state index in [2.05, 4.69) is 15.9 Å². The van der Waals surface area contributed by atoms with Crippen LogP contribution in [0.1, 0.15) is 12.0 Å². The van der Waals surface area contributed by atoms with Gasteiger partial charge in [0.2, 0.25) is 10.0 Å². The van der Waals surface area contributed by atoms with Gasteiger partial charge >= 0.3 is 0 Å². The van der Waals surface area contributed by atoms with E-state index in [4.69, 9.17) is 0 Å². The minimum absolute atomic E-state index is 0.401. The maximum absolute atomic E-state index is 12.3. The first-order valence-corrected chi connectivity index (χ1v) is 8.23. The van der Waals surface area contributed by atoms with Gasteiger partial charge in [-0.2, -0.15) is 4.31 Å². The third kappa shape index (κ3) is 2.72. The summed E-state index contributed by atoms with van der Waals surface area (Å²) in [6.45, 7) is 3.21. The fraction of sp³-hybridized carbons (Fsp3) is 0.500. The minimum Gasteiger partial charge on any atom is -0.207 e. The Kier molecular flexibility index (Phi) is 3.90. The second kappa shape index (κ2) is 5.08. The van der Waals surface area contributed by atoms with Gasteiger partial charge in [-0.3, -0.25) is 0 Å². The summed E-state index contributed by atoms with van der Waals surface area (Å²) in [5.41, 5.74) is 1.07. The SMILES string of the molecule is Cc1ccc(S(=O)(=O)N2CCC(CBr)C2)cc1. The monoisotopic (exact) mass is 317 g/mol. The standard InChI is InChI=1S/C12H16BrNO2S/c1-10-2-4-12(5-3-10)17(15,16)14-7-6-11(8-13)9-14/h2-5,11H,6-9H2,1H3. The van der Waals surface area contributed by atoms with Crippen LogP contribution in [0.2, 0.25) is 0 Å². The van der Waals surface area contributed by atoms with Crippen molar-refractivity contribution in [3.63, 3.8) is 0 Å². The molecule has 3 nitrogen and oxygen atoms in total. The fourth-order valence-electron chi connectivity index (χ4n) is 2.00. The normalized spacial score (nSPS) is 21.9. The molecule has 1 aromatic carbocycles. The molecule has 1 heterocycles. The van der Waals surface area contributed by atoms with Crippen LogP contribution in [0.25, 0.3) is 0 Å². The lowest BCUT2D eigenvalue weighted by atomic mass is 10.2. The molecule has 1 fully saturated rings. The Bertz CT molecular complexity index is 484. The molecule has 0 radical (unpaired) electrons. The van der Waals surface area contributed by atoms with Gasteiger partial charge in [0.25, 0.3) is 0 Å². The number of alkyl halides is 1. The van der Waals surface area contributed by atoms with Crippen LogP contribution in [0, 0.1) is 12.8 Å². The molecule has 0 spiro atoms. The predicted octanol–water partition coefficient (Wildman–Crippen LogP) is 2.40. The molecule has 1 unspecified atom stereocenters. The van der Waals surface area contributed by atoms with Crippen molar-refractivity contribution in [1.82, 2.24) is 4.31 Å². The van der Waals surface area contributed by atoms with E-state index in [1.807, 2.05) is 19.1 Å². The average Bonchev–Trinajstić information content (AvgIpc) is 2.78. The highest BCUT2D eigenvalue weighted by molar-refractivity contribution is 9.09. The van der Waals surface area contributed by atoms with Crippen molar-refractivity contribution in [3.05, 3.63) is 29.8 Å². The lowest BCUT2D eigenvalue weighted by molar-refractivity contribution is 0.466.